The summed E-state index contributed by atoms with van der Waals surface area (Å²) in [5.41, 5.74) is 2.18. The third-order valence-electron chi connectivity index (χ3n) is 3.81. The fraction of sp³-hybridized carbons (Fsp3) is 0.0526. The van der Waals surface area contributed by atoms with Crippen molar-refractivity contribution in [1.29, 1.82) is 0 Å². The minimum absolute atomic E-state index is 0.0105. The zero-order valence-corrected chi connectivity index (χ0v) is 13.8. The van der Waals surface area contributed by atoms with Crippen LogP contribution < -0.4 is 5.43 Å². The first kappa shape index (κ1) is 15.9. The van der Waals surface area contributed by atoms with Crippen molar-refractivity contribution >= 4 is 0 Å². The van der Waals surface area contributed by atoms with Gasteiger partial charge in [-0.05, 0) is 48.9 Å². The van der Waals surface area contributed by atoms with Crippen molar-refractivity contribution in [2.45, 2.75) is 6.92 Å². The number of hydrogen-bond acceptors (Lipinski definition) is 5. The van der Waals surface area contributed by atoms with E-state index in [1.54, 1.807) is 10.9 Å². The van der Waals surface area contributed by atoms with Crippen LogP contribution >= 0.6 is 0 Å². The predicted octanol–water partition coefficient (Wildman–Crippen LogP) is 3.40. The van der Waals surface area contributed by atoms with Crippen molar-refractivity contribution in [2.75, 3.05) is 0 Å². The lowest BCUT2D eigenvalue weighted by Crippen LogP contribution is -2.12. The van der Waals surface area contributed by atoms with Crippen LogP contribution in [0, 0.1) is 12.7 Å². The zero-order chi connectivity index (χ0) is 18.1. The van der Waals surface area contributed by atoms with Crippen molar-refractivity contribution in [1.82, 2.24) is 19.9 Å². The average Bonchev–Trinajstić information content (AvgIpc) is 3.12. The van der Waals surface area contributed by atoms with E-state index in [-0.39, 0.29) is 28.7 Å². The van der Waals surface area contributed by atoms with Gasteiger partial charge in [-0.25, -0.2) is 9.07 Å². The Morgan fingerprint density at radius 3 is 2.65 bits per heavy atom. The molecule has 0 fully saturated rings. The Kier molecular flexibility index (Phi) is 3.89. The molecule has 128 valence electrons. The second kappa shape index (κ2) is 6.36. The third kappa shape index (κ3) is 3.02. The maximum absolute atomic E-state index is 13.0. The van der Waals surface area contributed by atoms with Crippen molar-refractivity contribution in [3.05, 3.63) is 82.4 Å². The second-order valence-corrected chi connectivity index (χ2v) is 5.74. The Bertz CT molecular complexity index is 1130. The lowest BCUT2D eigenvalue weighted by molar-refractivity contribution is 0.429. The topological polar surface area (TPSA) is 73.8 Å². The Morgan fingerprint density at radius 2 is 1.88 bits per heavy atom. The van der Waals surface area contributed by atoms with E-state index in [1.807, 2.05) is 31.2 Å². The largest absolute Gasteiger partial charge is 0.332 e. The molecule has 0 unspecified atom stereocenters. The number of benzene rings is 2. The van der Waals surface area contributed by atoms with Gasteiger partial charge in [-0.1, -0.05) is 17.3 Å². The van der Waals surface area contributed by atoms with Gasteiger partial charge in [-0.3, -0.25) is 4.79 Å². The molecule has 2 aromatic carbocycles. The third-order valence-corrected chi connectivity index (χ3v) is 3.81. The molecule has 0 spiro atoms. The normalized spacial score (nSPS) is 10.8. The summed E-state index contributed by atoms with van der Waals surface area (Å²) in [6.07, 6.45) is 1.58. The minimum atomic E-state index is -0.358. The van der Waals surface area contributed by atoms with Gasteiger partial charge < -0.3 is 4.52 Å². The van der Waals surface area contributed by atoms with Crippen LogP contribution in [-0.2, 0) is 0 Å². The van der Waals surface area contributed by atoms with E-state index in [0.717, 1.165) is 11.3 Å². The summed E-state index contributed by atoms with van der Waals surface area (Å²) in [7, 11) is 0. The van der Waals surface area contributed by atoms with Crippen LogP contribution in [0.15, 0.2) is 70.1 Å². The maximum atomic E-state index is 13.0. The molecule has 2 aromatic heterocycles. The number of rotatable bonds is 3. The number of nitrogens with zero attached hydrogens (tertiary/aromatic N) is 4. The van der Waals surface area contributed by atoms with Gasteiger partial charge in [-0.2, -0.15) is 10.1 Å². The fourth-order valence-corrected chi connectivity index (χ4v) is 2.51. The monoisotopic (exact) mass is 348 g/mol. The molecule has 0 bridgehead atoms. The lowest BCUT2D eigenvalue weighted by Gasteiger charge is -2.06. The van der Waals surface area contributed by atoms with E-state index in [0.29, 0.717) is 5.56 Å². The average molecular weight is 348 g/mol. The van der Waals surface area contributed by atoms with E-state index >= 15 is 0 Å². The Labute approximate surface area is 147 Å². The van der Waals surface area contributed by atoms with Crippen molar-refractivity contribution in [3.8, 4) is 28.7 Å². The molecule has 7 heteroatoms. The second-order valence-electron chi connectivity index (χ2n) is 5.74. The minimum Gasteiger partial charge on any atom is -0.332 e. The maximum Gasteiger partial charge on any atom is 0.282 e. The molecule has 0 radical (unpaired) electrons. The number of aryl methyl sites for hydroxylation is 1. The summed E-state index contributed by atoms with van der Waals surface area (Å²) in [4.78, 5) is 16.4. The summed E-state index contributed by atoms with van der Waals surface area (Å²) >= 11 is 0. The van der Waals surface area contributed by atoms with Crippen LogP contribution in [0.5, 0.6) is 0 Å². The van der Waals surface area contributed by atoms with Crippen LogP contribution in [0.2, 0.25) is 0 Å². The van der Waals surface area contributed by atoms with Gasteiger partial charge in [0.1, 0.15) is 5.82 Å². The molecule has 0 aliphatic rings. The van der Waals surface area contributed by atoms with Gasteiger partial charge in [0.2, 0.25) is 11.3 Å². The number of halogens is 1. The summed E-state index contributed by atoms with van der Waals surface area (Å²) in [6.45, 7) is 1.97. The van der Waals surface area contributed by atoms with E-state index in [2.05, 4.69) is 15.2 Å². The standard InChI is InChI=1S/C19H13FN4O2/c1-12-3-2-4-15(11-12)24-10-9-16(25)17(22-24)19-21-18(23-26-19)13-5-7-14(20)8-6-13/h2-11H,1H3. The molecule has 6 nitrogen and oxygen atoms in total. The lowest BCUT2D eigenvalue weighted by atomic mass is 10.2. The van der Waals surface area contributed by atoms with Crippen LogP contribution in [0.1, 0.15) is 5.56 Å². The van der Waals surface area contributed by atoms with Gasteiger partial charge in [-0.15, -0.1) is 0 Å². The van der Waals surface area contributed by atoms with E-state index < -0.39 is 0 Å². The SMILES string of the molecule is Cc1cccc(-n2ccc(=O)c(-c3nc(-c4ccc(F)cc4)no3)n2)c1. The molecule has 4 rings (SSSR count). The number of hydrogen-bond donors (Lipinski definition) is 0. The van der Waals surface area contributed by atoms with Crippen molar-refractivity contribution in [3.63, 3.8) is 0 Å². The molecule has 26 heavy (non-hydrogen) atoms. The van der Waals surface area contributed by atoms with Gasteiger partial charge in [0.15, 0.2) is 5.69 Å². The van der Waals surface area contributed by atoms with Crippen molar-refractivity contribution < 1.29 is 8.91 Å². The Balaban J connectivity index is 1.75. The molecule has 0 aliphatic carbocycles. The molecular formula is C19H13FN4O2. The molecule has 0 atom stereocenters. The van der Waals surface area contributed by atoms with Crippen LogP contribution in [0.4, 0.5) is 4.39 Å². The summed E-state index contributed by atoms with van der Waals surface area (Å²) in [6, 6.07) is 14.8. The van der Waals surface area contributed by atoms with Crippen LogP contribution in [-0.4, -0.2) is 19.9 Å². The molecule has 0 amide bonds. The van der Waals surface area contributed by atoms with Gasteiger partial charge >= 0.3 is 0 Å². The highest BCUT2D eigenvalue weighted by Crippen LogP contribution is 2.20. The summed E-state index contributed by atoms with van der Waals surface area (Å²) < 4.78 is 19.8. The smallest absolute Gasteiger partial charge is 0.282 e. The van der Waals surface area contributed by atoms with Crippen LogP contribution in [0.25, 0.3) is 28.7 Å². The highest BCUT2D eigenvalue weighted by Gasteiger charge is 2.16. The molecule has 0 saturated heterocycles. The highest BCUT2D eigenvalue weighted by atomic mass is 19.1. The van der Waals surface area contributed by atoms with E-state index in [9.17, 15) is 9.18 Å². The van der Waals surface area contributed by atoms with Gasteiger partial charge in [0.25, 0.3) is 5.89 Å². The highest BCUT2D eigenvalue weighted by molar-refractivity contribution is 5.57. The zero-order valence-electron chi connectivity index (χ0n) is 13.8. The molecular weight excluding hydrogens is 335 g/mol. The summed E-state index contributed by atoms with van der Waals surface area (Å²) in [5.74, 6) is -0.0910. The summed E-state index contributed by atoms with van der Waals surface area (Å²) in [5, 5.41) is 8.18. The predicted molar refractivity (Wildman–Crippen MR) is 93.3 cm³/mol. The molecule has 0 aliphatic heterocycles. The van der Waals surface area contributed by atoms with Gasteiger partial charge in [0, 0.05) is 17.8 Å². The Hall–Kier alpha value is -3.61. The van der Waals surface area contributed by atoms with E-state index in [4.69, 9.17) is 4.52 Å². The number of aromatic nitrogens is 4. The first-order valence-corrected chi connectivity index (χ1v) is 7.87. The quantitative estimate of drug-likeness (QED) is 0.567. The first-order chi connectivity index (χ1) is 12.6. The molecule has 0 N–H and O–H groups in total. The molecule has 0 saturated carbocycles. The Morgan fingerprint density at radius 1 is 1.08 bits per heavy atom. The molecule has 4 aromatic rings. The molecule has 2 heterocycles. The van der Waals surface area contributed by atoms with Crippen LogP contribution in [0.3, 0.4) is 0 Å². The first-order valence-electron chi connectivity index (χ1n) is 7.87. The fourth-order valence-electron chi connectivity index (χ4n) is 2.51. The van der Waals surface area contributed by atoms with Gasteiger partial charge in [0.05, 0.1) is 5.69 Å². The van der Waals surface area contributed by atoms with E-state index in [1.165, 1.54) is 30.3 Å². The van der Waals surface area contributed by atoms with Crippen molar-refractivity contribution in [2.24, 2.45) is 0 Å².